The predicted octanol–water partition coefficient (Wildman–Crippen LogP) is 4.42. The molecule has 0 aliphatic rings. The van der Waals surface area contributed by atoms with Crippen LogP contribution in [0.15, 0.2) is 57.8 Å². The summed E-state index contributed by atoms with van der Waals surface area (Å²) in [5.74, 6) is 0. The second-order valence-corrected chi connectivity index (χ2v) is 6.12. The lowest BCUT2D eigenvalue weighted by atomic mass is 10.1. The Morgan fingerprint density at radius 1 is 1.00 bits per heavy atom. The van der Waals surface area contributed by atoms with Crippen molar-refractivity contribution >= 4 is 23.3 Å². The number of nitrogens with zero attached hydrogens (tertiary/aromatic N) is 1. The van der Waals surface area contributed by atoms with Gasteiger partial charge in [-0.05, 0) is 43.5 Å². The van der Waals surface area contributed by atoms with Crippen molar-refractivity contribution in [3.8, 4) is 0 Å². The molecule has 0 N–H and O–H groups in total. The van der Waals surface area contributed by atoms with E-state index in [0.717, 1.165) is 21.6 Å². The molecule has 2 aromatic rings. The SMILES string of the molecule is Cc1cc(C)c([S@](=O)/N=C/C=C/c2ccccc2)c(C)c1. The largest absolute Gasteiger partial charge is 0.229 e. The maximum absolute atomic E-state index is 12.3. The quantitative estimate of drug-likeness (QED) is 0.768. The lowest BCUT2D eigenvalue weighted by Crippen LogP contribution is -1.96. The molecule has 2 rings (SSSR count). The molecule has 0 radical (unpaired) electrons. The molecule has 0 aromatic heterocycles. The summed E-state index contributed by atoms with van der Waals surface area (Å²) in [5.41, 5.74) is 4.32. The van der Waals surface area contributed by atoms with Crippen molar-refractivity contribution in [2.45, 2.75) is 25.7 Å². The molecule has 0 heterocycles. The van der Waals surface area contributed by atoms with E-state index in [1.54, 1.807) is 6.21 Å². The second-order valence-electron chi connectivity index (χ2n) is 5.00. The Kier molecular flexibility index (Phi) is 5.23. The zero-order chi connectivity index (χ0) is 15.2. The van der Waals surface area contributed by atoms with E-state index in [1.165, 1.54) is 5.56 Å². The van der Waals surface area contributed by atoms with E-state index >= 15 is 0 Å². The molecule has 0 unspecified atom stereocenters. The van der Waals surface area contributed by atoms with Crippen LogP contribution in [0.25, 0.3) is 6.08 Å². The molecule has 21 heavy (non-hydrogen) atoms. The first-order valence-corrected chi connectivity index (χ1v) is 7.94. The van der Waals surface area contributed by atoms with E-state index in [-0.39, 0.29) is 0 Å². The average molecular weight is 297 g/mol. The highest BCUT2D eigenvalue weighted by molar-refractivity contribution is 7.84. The van der Waals surface area contributed by atoms with E-state index in [0.29, 0.717) is 0 Å². The Labute approximate surface area is 128 Å². The van der Waals surface area contributed by atoms with Gasteiger partial charge in [0.25, 0.3) is 0 Å². The van der Waals surface area contributed by atoms with Gasteiger partial charge in [-0.3, -0.25) is 0 Å². The highest BCUT2D eigenvalue weighted by Crippen LogP contribution is 2.20. The summed E-state index contributed by atoms with van der Waals surface area (Å²) in [7, 11) is -1.35. The Balaban J connectivity index is 2.12. The van der Waals surface area contributed by atoms with Crippen LogP contribution in [0.4, 0.5) is 0 Å². The Bertz CT molecular complexity index is 679. The van der Waals surface area contributed by atoms with E-state index in [9.17, 15) is 4.21 Å². The van der Waals surface area contributed by atoms with Gasteiger partial charge in [0.1, 0.15) is 0 Å². The molecule has 0 amide bonds. The molecule has 2 nitrogen and oxygen atoms in total. The van der Waals surface area contributed by atoms with Crippen LogP contribution in [-0.2, 0) is 11.0 Å². The summed E-state index contributed by atoms with van der Waals surface area (Å²) in [5, 5.41) is 0. The van der Waals surface area contributed by atoms with E-state index in [2.05, 4.69) is 4.40 Å². The van der Waals surface area contributed by atoms with E-state index in [4.69, 9.17) is 0 Å². The van der Waals surface area contributed by atoms with Crippen LogP contribution in [0, 0.1) is 20.8 Å². The minimum Gasteiger partial charge on any atom is -0.229 e. The van der Waals surface area contributed by atoms with Crippen LogP contribution in [0.5, 0.6) is 0 Å². The van der Waals surface area contributed by atoms with E-state index in [1.807, 2.05) is 75.4 Å². The first kappa shape index (κ1) is 15.4. The Morgan fingerprint density at radius 2 is 1.62 bits per heavy atom. The molecule has 0 saturated carbocycles. The highest BCUT2D eigenvalue weighted by Gasteiger charge is 2.09. The zero-order valence-electron chi connectivity index (χ0n) is 12.5. The molecule has 0 aliphatic heterocycles. The summed E-state index contributed by atoms with van der Waals surface area (Å²) < 4.78 is 16.4. The molecule has 3 heteroatoms. The van der Waals surface area contributed by atoms with Crippen molar-refractivity contribution in [2.24, 2.45) is 4.40 Å². The monoisotopic (exact) mass is 297 g/mol. The van der Waals surface area contributed by atoms with Gasteiger partial charge < -0.3 is 0 Å². The average Bonchev–Trinajstić information content (AvgIpc) is 2.43. The second kappa shape index (κ2) is 7.14. The van der Waals surface area contributed by atoms with Crippen molar-refractivity contribution in [3.63, 3.8) is 0 Å². The Morgan fingerprint density at radius 3 is 2.24 bits per heavy atom. The highest BCUT2D eigenvalue weighted by atomic mass is 32.2. The van der Waals surface area contributed by atoms with Gasteiger partial charge in [0.2, 0.25) is 0 Å². The van der Waals surface area contributed by atoms with Crippen molar-refractivity contribution < 1.29 is 4.21 Å². The van der Waals surface area contributed by atoms with Gasteiger partial charge in [-0.15, -0.1) is 0 Å². The fraction of sp³-hybridized carbons (Fsp3) is 0.167. The van der Waals surface area contributed by atoms with Gasteiger partial charge in [-0.25, -0.2) is 4.21 Å². The third-order valence-corrected chi connectivity index (χ3v) is 4.42. The van der Waals surface area contributed by atoms with Crippen LogP contribution in [-0.4, -0.2) is 10.4 Å². The fourth-order valence-corrected chi connectivity index (χ4v) is 3.26. The maximum atomic E-state index is 12.3. The van der Waals surface area contributed by atoms with Gasteiger partial charge in [-0.2, -0.15) is 4.40 Å². The van der Waals surface area contributed by atoms with Crippen LogP contribution in [0.2, 0.25) is 0 Å². The summed E-state index contributed by atoms with van der Waals surface area (Å²) >= 11 is 0. The third-order valence-electron chi connectivity index (χ3n) is 3.11. The number of hydrogen-bond donors (Lipinski definition) is 0. The molecular weight excluding hydrogens is 278 g/mol. The first-order chi connectivity index (χ1) is 10.1. The minimum atomic E-state index is -1.35. The first-order valence-electron chi connectivity index (χ1n) is 6.83. The van der Waals surface area contributed by atoms with Gasteiger partial charge in [-0.1, -0.05) is 54.1 Å². The van der Waals surface area contributed by atoms with Crippen molar-refractivity contribution in [3.05, 3.63) is 70.8 Å². The standard InChI is InChI=1S/C18H19NOS/c1-14-12-15(2)18(16(3)13-14)21(20)19-11-7-10-17-8-5-4-6-9-17/h4-13H,1-3H3/b10-7+,19-11+/t21-/m0/s1. The molecular formula is C18H19NOS. The maximum Gasteiger partial charge on any atom is 0.173 e. The number of rotatable bonds is 4. The minimum absolute atomic E-state index is 0.810. The van der Waals surface area contributed by atoms with Crippen LogP contribution in [0.1, 0.15) is 22.3 Å². The molecule has 0 fully saturated rings. The summed E-state index contributed by atoms with van der Waals surface area (Å²) in [6.45, 7) is 5.99. The lowest BCUT2D eigenvalue weighted by Gasteiger charge is -2.07. The Hall–Kier alpha value is -2.00. The number of aryl methyl sites for hydroxylation is 3. The topological polar surface area (TPSA) is 29.4 Å². The normalized spacial score (nSPS) is 13.1. The molecule has 108 valence electrons. The molecule has 2 aromatic carbocycles. The van der Waals surface area contributed by atoms with Gasteiger partial charge >= 0.3 is 0 Å². The van der Waals surface area contributed by atoms with Crippen molar-refractivity contribution in [2.75, 3.05) is 0 Å². The summed E-state index contributed by atoms with van der Waals surface area (Å²) in [6.07, 6.45) is 5.35. The fourth-order valence-electron chi connectivity index (χ4n) is 2.30. The number of hydrogen-bond acceptors (Lipinski definition) is 1. The number of benzene rings is 2. The summed E-state index contributed by atoms with van der Waals surface area (Å²) in [4.78, 5) is 0.810. The smallest absolute Gasteiger partial charge is 0.173 e. The predicted molar refractivity (Wildman–Crippen MR) is 91.0 cm³/mol. The molecule has 0 aliphatic carbocycles. The van der Waals surface area contributed by atoms with Crippen molar-refractivity contribution in [1.29, 1.82) is 0 Å². The van der Waals surface area contributed by atoms with Gasteiger partial charge in [0.15, 0.2) is 11.0 Å². The van der Waals surface area contributed by atoms with Gasteiger partial charge in [0.05, 0.1) is 4.90 Å². The molecule has 0 spiro atoms. The van der Waals surface area contributed by atoms with Crippen LogP contribution >= 0.6 is 0 Å². The van der Waals surface area contributed by atoms with Crippen molar-refractivity contribution in [1.82, 2.24) is 0 Å². The number of allylic oxidation sites excluding steroid dienone is 1. The third kappa shape index (κ3) is 4.23. The van der Waals surface area contributed by atoms with Gasteiger partial charge in [0, 0.05) is 6.21 Å². The van der Waals surface area contributed by atoms with E-state index < -0.39 is 11.0 Å². The summed E-state index contributed by atoms with van der Waals surface area (Å²) in [6, 6.07) is 14.0. The van der Waals surface area contributed by atoms with Crippen LogP contribution in [0.3, 0.4) is 0 Å². The molecule has 0 saturated heterocycles. The lowest BCUT2D eigenvalue weighted by molar-refractivity contribution is 0.683. The molecule has 0 bridgehead atoms. The zero-order valence-corrected chi connectivity index (χ0v) is 13.4. The van der Waals surface area contributed by atoms with Crippen LogP contribution < -0.4 is 0 Å². The molecule has 1 atom stereocenters.